The zero-order valence-electron chi connectivity index (χ0n) is 22.9. The number of anilines is 2. The largest absolute Gasteiger partial charge is 0.348 e. The van der Waals surface area contributed by atoms with E-state index in [2.05, 4.69) is 20.6 Å². The van der Waals surface area contributed by atoms with Crippen molar-refractivity contribution >= 4 is 34.6 Å². The number of rotatable bonds is 8. The summed E-state index contributed by atoms with van der Waals surface area (Å²) >= 11 is 0. The van der Waals surface area contributed by atoms with Gasteiger partial charge in [-0.15, -0.1) is 0 Å². The molecule has 2 amide bonds. The van der Waals surface area contributed by atoms with Crippen molar-refractivity contribution in [1.82, 2.24) is 9.97 Å². The maximum Gasteiger partial charge on any atom is 0.271 e. The highest BCUT2D eigenvalue weighted by molar-refractivity contribution is 6.20. The van der Waals surface area contributed by atoms with Crippen LogP contribution in [0.15, 0.2) is 115 Å². The van der Waals surface area contributed by atoms with Gasteiger partial charge in [-0.2, -0.15) is 0 Å². The number of fused-ring (bicyclic) bond motifs is 1. The zero-order chi connectivity index (χ0) is 29.8. The van der Waals surface area contributed by atoms with Crippen LogP contribution >= 0.6 is 0 Å². The zero-order valence-corrected chi connectivity index (χ0v) is 22.9. The van der Waals surface area contributed by atoms with Gasteiger partial charge >= 0.3 is 0 Å². The molecule has 43 heavy (non-hydrogen) atoms. The molecule has 0 saturated heterocycles. The molecule has 1 atom stereocenters. The lowest BCUT2D eigenvalue weighted by Crippen LogP contribution is -2.27. The highest BCUT2D eigenvalue weighted by Gasteiger charge is 2.27. The molecule has 1 aromatic heterocycles. The quantitative estimate of drug-likeness (QED) is 0.165. The molecule has 4 aromatic carbocycles. The molecule has 6 rings (SSSR count). The van der Waals surface area contributed by atoms with Crippen LogP contribution in [0.5, 0.6) is 0 Å². The molecule has 0 fully saturated rings. The predicted molar refractivity (Wildman–Crippen MR) is 164 cm³/mol. The lowest BCUT2D eigenvalue weighted by Gasteiger charge is -2.13. The van der Waals surface area contributed by atoms with Gasteiger partial charge in [-0.1, -0.05) is 66.7 Å². The average molecular weight is 571 g/mol. The number of nitro benzene ring substituents is 1. The van der Waals surface area contributed by atoms with Crippen molar-refractivity contribution < 1.29 is 14.5 Å². The SMILES string of the molecule is O=C(Cc1cnc[nH]1)Nc1ccc(C2=NC(Cc3cccc(-c4ccccc4)c3)C(=O)Nc3cc([N+](=O)[O-])ccc32)cc1. The van der Waals surface area contributed by atoms with Gasteiger partial charge in [-0.05, 0) is 34.9 Å². The van der Waals surface area contributed by atoms with Gasteiger partial charge in [-0.3, -0.25) is 24.7 Å². The number of benzene rings is 4. The molecule has 212 valence electrons. The predicted octanol–water partition coefficient (Wildman–Crippen LogP) is 5.57. The second-order valence-electron chi connectivity index (χ2n) is 10.1. The maximum atomic E-state index is 13.5. The van der Waals surface area contributed by atoms with Crippen LogP contribution in [0.4, 0.5) is 17.1 Å². The summed E-state index contributed by atoms with van der Waals surface area (Å²) < 4.78 is 0. The molecule has 3 N–H and O–H groups in total. The fourth-order valence-electron chi connectivity index (χ4n) is 5.03. The Morgan fingerprint density at radius 2 is 1.70 bits per heavy atom. The van der Waals surface area contributed by atoms with Gasteiger partial charge in [0, 0.05) is 47.3 Å². The van der Waals surface area contributed by atoms with Crippen molar-refractivity contribution in [3.8, 4) is 11.1 Å². The number of aromatic nitrogens is 2. The van der Waals surface area contributed by atoms with Crippen LogP contribution in [0, 0.1) is 10.1 Å². The highest BCUT2D eigenvalue weighted by atomic mass is 16.6. The van der Waals surface area contributed by atoms with Crippen LogP contribution in [0.3, 0.4) is 0 Å². The molecule has 0 spiro atoms. The Labute approximate surface area is 246 Å². The molecular formula is C33H26N6O4. The van der Waals surface area contributed by atoms with Crippen molar-refractivity contribution in [3.05, 3.63) is 142 Å². The molecule has 0 bridgehead atoms. The Morgan fingerprint density at radius 1 is 0.907 bits per heavy atom. The number of aliphatic imine (C=N–C) groups is 1. The number of hydrogen-bond acceptors (Lipinski definition) is 6. The molecular weight excluding hydrogens is 544 g/mol. The summed E-state index contributed by atoms with van der Waals surface area (Å²) in [6.07, 6.45) is 3.60. The van der Waals surface area contributed by atoms with E-state index in [1.165, 1.54) is 18.5 Å². The molecule has 0 aliphatic carbocycles. The highest BCUT2D eigenvalue weighted by Crippen LogP contribution is 2.30. The Morgan fingerprint density at radius 3 is 2.44 bits per heavy atom. The van der Waals surface area contributed by atoms with Gasteiger partial charge in [0.25, 0.3) is 5.69 Å². The van der Waals surface area contributed by atoms with Crippen molar-refractivity contribution in [2.45, 2.75) is 18.9 Å². The second kappa shape index (κ2) is 11.9. The van der Waals surface area contributed by atoms with E-state index < -0.39 is 11.0 Å². The number of nitro groups is 1. The van der Waals surface area contributed by atoms with E-state index in [1.807, 2.05) is 54.6 Å². The smallest absolute Gasteiger partial charge is 0.271 e. The lowest BCUT2D eigenvalue weighted by atomic mass is 9.98. The number of H-pyrrole nitrogens is 1. The Bertz CT molecular complexity index is 1830. The number of aromatic amines is 1. The minimum absolute atomic E-state index is 0.136. The average Bonchev–Trinajstić information content (AvgIpc) is 3.48. The number of non-ortho nitro benzene ring substituents is 1. The number of amides is 2. The van der Waals surface area contributed by atoms with Crippen LogP contribution in [-0.4, -0.2) is 38.5 Å². The summed E-state index contributed by atoms with van der Waals surface area (Å²) in [6, 6.07) is 28.6. The van der Waals surface area contributed by atoms with Crippen LogP contribution < -0.4 is 10.6 Å². The molecule has 0 radical (unpaired) electrons. The summed E-state index contributed by atoms with van der Waals surface area (Å²) in [6.45, 7) is 0. The van der Waals surface area contributed by atoms with Gasteiger partial charge in [0.2, 0.25) is 11.8 Å². The van der Waals surface area contributed by atoms with Crippen molar-refractivity contribution in [3.63, 3.8) is 0 Å². The topological polar surface area (TPSA) is 142 Å². The molecule has 5 aromatic rings. The van der Waals surface area contributed by atoms with Gasteiger partial charge in [-0.25, -0.2) is 4.98 Å². The fourth-order valence-corrected chi connectivity index (χ4v) is 5.03. The number of nitrogens with zero attached hydrogens (tertiary/aromatic N) is 3. The van der Waals surface area contributed by atoms with Gasteiger partial charge in [0.1, 0.15) is 6.04 Å². The number of nitrogens with one attached hydrogen (secondary N) is 3. The molecule has 10 nitrogen and oxygen atoms in total. The van der Waals surface area contributed by atoms with E-state index in [1.54, 1.807) is 36.5 Å². The Balaban J connectivity index is 1.32. The van der Waals surface area contributed by atoms with E-state index in [9.17, 15) is 19.7 Å². The minimum Gasteiger partial charge on any atom is -0.348 e. The summed E-state index contributed by atoms with van der Waals surface area (Å²) in [5.74, 6) is -0.557. The standard InChI is InChI=1S/C33H26N6O4/c40-31(17-26-19-34-20-35-26)36-25-11-9-23(10-12-25)32-28-14-13-27(39(42)43)18-29(28)38-33(41)30(37-32)16-21-5-4-8-24(15-21)22-6-2-1-3-7-22/h1-15,18-20,30H,16-17H2,(H,34,35)(H,36,40)(H,38,41). The number of carbonyl (C=O) groups is 2. The van der Waals surface area contributed by atoms with Crippen LogP contribution in [0.2, 0.25) is 0 Å². The maximum absolute atomic E-state index is 13.5. The summed E-state index contributed by atoms with van der Waals surface area (Å²) in [5, 5.41) is 17.2. The van der Waals surface area contributed by atoms with Crippen molar-refractivity contribution in [1.29, 1.82) is 0 Å². The van der Waals surface area contributed by atoms with Crippen molar-refractivity contribution in [2.75, 3.05) is 10.6 Å². The molecule has 1 unspecified atom stereocenters. The van der Waals surface area contributed by atoms with E-state index in [4.69, 9.17) is 4.99 Å². The first-order chi connectivity index (χ1) is 20.9. The van der Waals surface area contributed by atoms with Crippen LogP contribution in [-0.2, 0) is 22.4 Å². The third kappa shape index (κ3) is 6.23. The van der Waals surface area contributed by atoms with Gasteiger partial charge < -0.3 is 15.6 Å². The van der Waals surface area contributed by atoms with E-state index >= 15 is 0 Å². The van der Waals surface area contributed by atoms with Crippen molar-refractivity contribution in [2.24, 2.45) is 4.99 Å². The van der Waals surface area contributed by atoms with Gasteiger partial charge in [0.05, 0.1) is 29.1 Å². The summed E-state index contributed by atoms with van der Waals surface area (Å²) in [5.41, 5.74) is 6.27. The third-order valence-electron chi connectivity index (χ3n) is 7.13. The number of imidazole rings is 1. The first-order valence-corrected chi connectivity index (χ1v) is 13.6. The molecule has 0 saturated carbocycles. The first kappa shape index (κ1) is 27.3. The second-order valence-corrected chi connectivity index (χ2v) is 10.1. The number of benzodiazepines with no additional fused rings is 1. The molecule has 1 aliphatic rings. The summed E-state index contributed by atoms with van der Waals surface area (Å²) in [4.78, 5) is 48.7. The Hall–Kier alpha value is -5.90. The molecule has 2 heterocycles. The van der Waals surface area contributed by atoms with E-state index in [-0.39, 0.29) is 23.9 Å². The number of carbonyl (C=O) groups excluding carboxylic acids is 2. The molecule has 1 aliphatic heterocycles. The third-order valence-corrected chi connectivity index (χ3v) is 7.13. The minimum atomic E-state index is -0.790. The first-order valence-electron chi connectivity index (χ1n) is 13.6. The lowest BCUT2D eigenvalue weighted by molar-refractivity contribution is -0.384. The summed E-state index contributed by atoms with van der Waals surface area (Å²) in [7, 11) is 0. The Kier molecular flexibility index (Phi) is 7.56. The normalized spacial score (nSPS) is 14.2. The molecule has 10 heteroatoms. The van der Waals surface area contributed by atoms with Crippen LogP contribution in [0.1, 0.15) is 22.4 Å². The fraction of sp³-hybridized carbons (Fsp3) is 0.0909. The van der Waals surface area contributed by atoms with E-state index in [0.29, 0.717) is 40.3 Å². The monoisotopic (exact) mass is 570 g/mol. The van der Waals surface area contributed by atoms with Crippen LogP contribution in [0.25, 0.3) is 11.1 Å². The van der Waals surface area contributed by atoms with Gasteiger partial charge in [0.15, 0.2) is 0 Å². The number of hydrogen-bond donors (Lipinski definition) is 3. The van der Waals surface area contributed by atoms with E-state index in [0.717, 1.165) is 16.7 Å².